The molecule has 8 nitrogen and oxygen atoms in total. The molecule has 2 aliphatic rings. The summed E-state index contributed by atoms with van der Waals surface area (Å²) < 4.78 is 0. The largest absolute Gasteiger partial charge is 0.348 e. The molecule has 9 heteroatoms. The van der Waals surface area contributed by atoms with Crippen LogP contribution in [0.4, 0.5) is 16.2 Å². The van der Waals surface area contributed by atoms with Crippen LogP contribution >= 0.6 is 11.3 Å². The first-order valence-corrected chi connectivity index (χ1v) is 11.3. The summed E-state index contributed by atoms with van der Waals surface area (Å²) in [5.74, 6) is -0.538. The standard InChI is InChI=1S/C23H25N5O3S/c1-4-6-8-13(3)28-16-11-12-24-22-18(16)19(27-23(28)31)20(32-22)21(30)26-15-10-7-9-14(15)25-17(29)5-2/h4-6,8,11-12,14-15H,2,7,9-10H2,1,3H3,(H,25,29)(H,26,30)(H,27,31)/b6-4-,13-8+/t14-,15+/m1/s1. The monoisotopic (exact) mass is 451 g/mol. The zero-order valence-electron chi connectivity index (χ0n) is 18.0. The predicted molar refractivity (Wildman–Crippen MR) is 127 cm³/mol. The summed E-state index contributed by atoms with van der Waals surface area (Å²) in [4.78, 5) is 45.0. The van der Waals surface area contributed by atoms with Crippen LogP contribution in [0.2, 0.25) is 0 Å². The van der Waals surface area contributed by atoms with Gasteiger partial charge >= 0.3 is 6.03 Å². The van der Waals surface area contributed by atoms with Gasteiger partial charge in [0.15, 0.2) is 0 Å². The van der Waals surface area contributed by atoms with E-state index in [1.807, 2.05) is 32.1 Å². The zero-order chi connectivity index (χ0) is 22.8. The van der Waals surface area contributed by atoms with Gasteiger partial charge in [-0.05, 0) is 51.3 Å². The molecule has 4 amide bonds. The smallest absolute Gasteiger partial charge is 0.330 e. The molecule has 0 saturated heterocycles. The number of aromatic nitrogens is 1. The molecule has 0 unspecified atom stereocenters. The van der Waals surface area contributed by atoms with E-state index in [0.717, 1.165) is 30.3 Å². The maximum absolute atomic E-state index is 13.2. The van der Waals surface area contributed by atoms with Crippen molar-refractivity contribution in [1.29, 1.82) is 0 Å². The van der Waals surface area contributed by atoms with E-state index in [2.05, 4.69) is 27.5 Å². The third-order valence-electron chi connectivity index (χ3n) is 5.68. The fourth-order valence-electron chi connectivity index (χ4n) is 4.19. The van der Waals surface area contributed by atoms with Crippen molar-refractivity contribution in [3.8, 4) is 0 Å². The van der Waals surface area contributed by atoms with Gasteiger partial charge < -0.3 is 16.0 Å². The minimum Gasteiger partial charge on any atom is -0.348 e. The lowest BCUT2D eigenvalue weighted by molar-refractivity contribution is -0.117. The summed E-state index contributed by atoms with van der Waals surface area (Å²) in [5.41, 5.74) is 1.93. The Morgan fingerprint density at radius 3 is 2.78 bits per heavy atom. The van der Waals surface area contributed by atoms with E-state index in [-0.39, 0.29) is 29.9 Å². The van der Waals surface area contributed by atoms with Crippen LogP contribution in [0.3, 0.4) is 0 Å². The first-order valence-electron chi connectivity index (χ1n) is 10.5. The average Bonchev–Trinajstić information content (AvgIpc) is 3.37. The lowest BCUT2D eigenvalue weighted by Crippen LogP contribution is -2.48. The van der Waals surface area contributed by atoms with Gasteiger partial charge in [0.1, 0.15) is 9.71 Å². The number of thiophene rings is 1. The number of carbonyl (C=O) groups excluding carboxylic acids is 3. The van der Waals surface area contributed by atoms with E-state index in [1.165, 1.54) is 17.4 Å². The van der Waals surface area contributed by atoms with E-state index < -0.39 is 0 Å². The molecule has 2 aromatic heterocycles. The molecule has 32 heavy (non-hydrogen) atoms. The van der Waals surface area contributed by atoms with E-state index in [9.17, 15) is 14.4 Å². The third-order valence-corrected chi connectivity index (χ3v) is 6.78. The number of rotatable bonds is 6. The summed E-state index contributed by atoms with van der Waals surface area (Å²) >= 11 is 1.25. The van der Waals surface area contributed by atoms with Crippen LogP contribution in [0.15, 0.2) is 48.8 Å². The van der Waals surface area contributed by atoms with E-state index in [1.54, 1.807) is 17.2 Å². The molecule has 3 heterocycles. The van der Waals surface area contributed by atoms with Crippen molar-refractivity contribution in [1.82, 2.24) is 15.6 Å². The van der Waals surface area contributed by atoms with Crippen molar-refractivity contribution in [2.45, 2.75) is 45.2 Å². The van der Waals surface area contributed by atoms with Crippen molar-refractivity contribution < 1.29 is 14.4 Å². The highest BCUT2D eigenvalue weighted by molar-refractivity contribution is 7.21. The van der Waals surface area contributed by atoms with Gasteiger partial charge in [-0.2, -0.15) is 0 Å². The van der Waals surface area contributed by atoms with Crippen molar-refractivity contribution in [3.05, 3.63) is 53.7 Å². The normalized spacial score (nSPS) is 20.5. The summed E-state index contributed by atoms with van der Waals surface area (Å²) in [6, 6.07) is 1.13. The fraction of sp³-hybridized carbons (Fsp3) is 0.304. The van der Waals surface area contributed by atoms with Gasteiger partial charge in [-0.15, -0.1) is 11.3 Å². The number of nitrogens with zero attached hydrogens (tertiary/aromatic N) is 2. The minimum atomic E-state index is -0.326. The zero-order valence-corrected chi connectivity index (χ0v) is 18.8. The van der Waals surface area contributed by atoms with Crippen molar-refractivity contribution in [2.75, 3.05) is 10.2 Å². The minimum absolute atomic E-state index is 0.145. The van der Waals surface area contributed by atoms with Gasteiger partial charge in [0.25, 0.3) is 5.91 Å². The Balaban J connectivity index is 1.66. The highest BCUT2D eigenvalue weighted by Gasteiger charge is 2.35. The molecular weight excluding hydrogens is 426 g/mol. The van der Waals surface area contributed by atoms with Crippen LogP contribution in [0.1, 0.15) is 42.8 Å². The van der Waals surface area contributed by atoms with E-state index >= 15 is 0 Å². The molecular formula is C23H25N5O3S. The number of carbonyl (C=O) groups is 3. The molecule has 4 rings (SSSR count). The average molecular weight is 452 g/mol. The van der Waals surface area contributed by atoms with Crippen molar-refractivity contribution in [3.63, 3.8) is 0 Å². The van der Waals surface area contributed by atoms with Crippen molar-refractivity contribution >= 4 is 50.8 Å². The topological polar surface area (TPSA) is 103 Å². The van der Waals surface area contributed by atoms with Gasteiger partial charge in [0.05, 0.1) is 16.8 Å². The number of pyridine rings is 1. The number of hydrogen-bond acceptors (Lipinski definition) is 5. The van der Waals surface area contributed by atoms with Gasteiger partial charge in [-0.3, -0.25) is 14.5 Å². The van der Waals surface area contributed by atoms with E-state index in [4.69, 9.17) is 0 Å². The molecule has 166 valence electrons. The molecule has 3 N–H and O–H groups in total. The summed E-state index contributed by atoms with van der Waals surface area (Å²) in [6.07, 6.45) is 11.0. The van der Waals surface area contributed by atoms with Crippen LogP contribution < -0.4 is 20.9 Å². The number of anilines is 2. The summed E-state index contributed by atoms with van der Waals surface area (Å²) in [6.45, 7) is 7.25. The highest BCUT2D eigenvalue weighted by Crippen LogP contribution is 2.44. The highest BCUT2D eigenvalue weighted by atomic mass is 32.1. The molecule has 0 spiro atoms. The third kappa shape index (κ3) is 3.91. The van der Waals surface area contributed by atoms with Crippen LogP contribution in [0.25, 0.3) is 10.2 Å². The SMILES string of the molecule is C=CC(=O)N[C@@H]1CCC[C@@H]1NC(=O)c1sc2nccc3c2c1NC(=O)N3/C(C)=C/C=C\C. The molecule has 2 atom stereocenters. The first kappa shape index (κ1) is 21.8. The Kier molecular flexibility index (Phi) is 6.09. The Morgan fingerprint density at radius 2 is 2.06 bits per heavy atom. The molecule has 1 aliphatic carbocycles. The Hall–Kier alpha value is -3.46. The summed E-state index contributed by atoms with van der Waals surface area (Å²) in [7, 11) is 0. The molecule has 1 saturated carbocycles. The number of amides is 4. The van der Waals surface area contributed by atoms with E-state index in [0.29, 0.717) is 21.1 Å². The molecule has 0 aromatic carbocycles. The number of urea groups is 1. The first-order chi connectivity index (χ1) is 15.4. The second-order valence-electron chi connectivity index (χ2n) is 7.75. The second kappa shape index (κ2) is 8.96. The van der Waals surface area contributed by atoms with Gasteiger partial charge in [-0.25, -0.2) is 9.78 Å². The van der Waals surface area contributed by atoms with Crippen LogP contribution in [-0.4, -0.2) is 34.9 Å². The Bertz CT molecular complexity index is 1170. The van der Waals surface area contributed by atoms with Crippen LogP contribution in [0, 0.1) is 0 Å². The number of nitrogens with one attached hydrogen (secondary N) is 3. The maximum atomic E-state index is 13.2. The van der Waals surface area contributed by atoms with Crippen LogP contribution in [-0.2, 0) is 4.79 Å². The Labute approximate surface area is 190 Å². The molecule has 0 radical (unpaired) electrons. The van der Waals surface area contributed by atoms with Crippen molar-refractivity contribution in [2.24, 2.45) is 0 Å². The quantitative estimate of drug-likeness (QED) is 0.455. The number of allylic oxidation sites excluding steroid dienone is 4. The lowest BCUT2D eigenvalue weighted by atomic mass is 10.1. The Morgan fingerprint density at radius 1 is 1.31 bits per heavy atom. The molecule has 0 bridgehead atoms. The fourth-order valence-corrected chi connectivity index (χ4v) is 5.21. The predicted octanol–water partition coefficient (Wildman–Crippen LogP) is 4.08. The van der Waals surface area contributed by atoms with Gasteiger partial charge in [0.2, 0.25) is 5.91 Å². The van der Waals surface area contributed by atoms with Gasteiger partial charge in [0, 0.05) is 24.0 Å². The van der Waals surface area contributed by atoms with Gasteiger partial charge in [-0.1, -0.05) is 18.7 Å². The lowest BCUT2D eigenvalue weighted by Gasteiger charge is -2.29. The van der Waals surface area contributed by atoms with Crippen LogP contribution in [0.5, 0.6) is 0 Å². The molecule has 2 aromatic rings. The summed E-state index contributed by atoms with van der Waals surface area (Å²) in [5, 5.41) is 9.56. The molecule has 1 fully saturated rings. The molecule has 1 aliphatic heterocycles. The second-order valence-corrected chi connectivity index (χ2v) is 8.74. The maximum Gasteiger partial charge on any atom is 0.330 e. The number of hydrogen-bond donors (Lipinski definition) is 3.